The Hall–Kier alpha value is -1.59. The molecule has 0 amide bonds. The Kier molecular flexibility index (Phi) is 3.75. The molecule has 1 aromatic rings. The summed E-state index contributed by atoms with van der Waals surface area (Å²) in [4.78, 5) is 14.2. The summed E-state index contributed by atoms with van der Waals surface area (Å²) < 4.78 is 43.5. The van der Waals surface area contributed by atoms with Crippen LogP contribution in [0.5, 0.6) is 0 Å². The highest BCUT2D eigenvalue weighted by atomic mass is 19.2. The number of hydrogen-bond donors (Lipinski definition) is 0. The monoisotopic (exact) mass is 247 g/mol. The topological polar surface area (TPSA) is 39.2 Å². The van der Waals surface area contributed by atoms with Gasteiger partial charge in [0.1, 0.15) is 11.2 Å². The number of esters is 1. The maximum atomic E-state index is 13.1. The van der Waals surface area contributed by atoms with Crippen molar-refractivity contribution in [3.8, 4) is 0 Å². The molecular weight excluding hydrogens is 235 g/mol. The Morgan fingerprint density at radius 3 is 2.47 bits per heavy atom. The fraction of sp³-hybridized carbons (Fsp3) is 0.455. The summed E-state index contributed by atoms with van der Waals surface area (Å²) in [5.41, 5.74) is -1.53. The van der Waals surface area contributed by atoms with E-state index in [2.05, 4.69) is 4.98 Å². The first kappa shape index (κ1) is 13.5. The van der Waals surface area contributed by atoms with Crippen LogP contribution in [0.1, 0.15) is 37.6 Å². The normalized spacial score (nSPS) is 11.4. The molecule has 0 saturated heterocycles. The minimum Gasteiger partial charge on any atom is -0.456 e. The quantitative estimate of drug-likeness (QED) is 0.609. The van der Waals surface area contributed by atoms with Crippen LogP contribution in [0, 0.1) is 17.7 Å². The first-order chi connectivity index (χ1) is 7.76. The lowest BCUT2D eigenvalue weighted by Crippen LogP contribution is -2.27. The highest BCUT2D eigenvalue weighted by Gasteiger charge is 2.25. The second-order valence-corrected chi connectivity index (χ2v) is 4.10. The minimum atomic E-state index is -1.59. The molecule has 1 heterocycles. The Morgan fingerprint density at radius 2 is 1.94 bits per heavy atom. The predicted octanol–water partition coefficient (Wildman–Crippen LogP) is 2.84. The molecule has 0 radical (unpaired) electrons. The molecular formula is C11H12F3NO2. The van der Waals surface area contributed by atoms with Crippen LogP contribution in [0.2, 0.25) is 0 Å². The van der Waals surface area contributed by atoms with Crippen molar-refractivity contribution in [3.63, 3.8) is 0 Å². The maximum absolute atomic E-state index is 13.1. The molecule has 1 aromatic heterocycles. The summed E-state index contributed by atoms with van der Waals surface area (Å²) in [7, 11) is 0. The highest BCUT2D eigenvalue weighted by Crippen LogP contribution is 2.18. The van der Waals surface area contributed by atoms with E-state index in [9.17, 15) is 18.0 Å². The predicted molar refractivity (Wildman–Crippen MR) is 53.9 cm³/mol. The SMILES string of the molecule is CCC(C)(C)OC(=O)c1cc(F)c(F)nc1F. The molecule has 94 valence electrons. The number of rotatable bonds is 3. The van der Waals surface area contributed by atoms with Gasteiger partial charge >= 0.3 is 5.97 Å². The lowest BCUT2D eigenvalue weighted by molar-refractivity contribution is -0.00308. The Bertz CT molecular complexity index is 447. The Balaban J connectivity index is 3.01. The van der Waals surface area contributed by atoms with E-state index in [0.29, 0.717) is 12.5 Å². The number of carbonyl (C=O) groups excluding carboxylic acids is 1. The van der Waals surface area contributed by atoms with Crippen LogP contribution in [0.15, 0.2) is 6.07 Å². The van der Waals surface area contributed by atoms with E-state index in [-0.39, 0.29) is 0 Å². The van der Waals surface area contributed by atoms with Crippen LogP contribution in [-0.4, -0.2) is 16.6 Å². The fourth-order valence-corrected chi connectivity index (χ4v) is 0.967. The molecule has 0 aromatic carbocycles. The third-order valence-corrected chi connectivity index (χ3v) is 2.33. The summed E-state index contributed by atoms with van der Waals surface area (Å²) in [6.07, 6.45) is 0.497. The van der Waals surface area contributed by atoms with Crippen LogP contribution >= 0.6 is 0 Å². The van der Waals surface area contributed by atoms with Crippen LogP contribution in [0.3, 0.4) is 0 Å². The molecule has 0 spiro atoms. The number of aromatic nitrogens is 1. The summed E-state index contributed by atoms with van der Waals surface area (Å²) >= 11 is 0. The van der Waals surface area contributed by atoms with Crippen molar-refractivity contribution < 1.29 is 22.7 Å². The number of carbonyl (C=O) groups is 1. The van der Waals surface area contributed by atoms with E-state index in [1.54, 1.807) is 20.8 Å². The molecule has 0 fully saturated rings. The lowest BCUT2D eigenvalue weighted by Gasteiger charge is -2.23. The minimum absolute atomic E-state index is 0.436. The van der Waals surface area contributed by atoms with Gasteiger partial charge in [-0.2, -0.15) is 13.8 Å². The first-order valence-electron chi connectivity index (χ1n) is 5.01. The van der Waals surface area contributed by atoms with E-state index in [1.165, 1.54) is 0 Å². The van der Waals surface area contributed by atoms with E-state index in [1.807, 2.05) is 0 Å². The van der Waals surface area contributed by atoms with Crippen molar-refractivity contribution in [2.24, 2.45) is 0 Å². The zero-order valence-corrected chi connectivity index (χ0v) is 9.68. The maximum Gasteiger partial charge on any atom is 0.343 e. The van der Waals surface area contributed by atoms with Gasteiger partial charge < -0.3 is 4.74 Å². The summed E-state index contributed by atoms with van der Waals surface area (Å²) in [6.45, 7) is 5.01. The molecule has 3 nitrogen and oxygen atoms in total. The molecule has 0 aliphatic heterocycles. The van der Waals surface area contributed by atoms with E-state index in [0.717, 1.165) is 0 Å². The highest BCUT2D eigenvalue weighted by molar-refractivity contribution is 5.89. The number of pyridine rings is 1. The zero-order valence-electron chi connectivity index (χ0n) is 9.68. The van der Waals surface area contributed by atoms with Crippen molar-refractivity contribution in [2.45, 2.75) is 32.8 Å². The average Bonchev–Trinajstić information content (AvgIpc) is 2.22. The molecule has 1 rings (SSSR count). The van der Waals surface area contributed by atoms with Crippen molar-refractivity contribution in [1.29, 1.82) is 0 Å². The van der Waals surface area contributed by atoms with Crippen LogP contribution < -0.4 is 0 Å². The molecule has 0 aliphatic carbocycles. The number of nitrogens with zero attached hydrogens (tertiary/aromatic N) is 1. The van der Waals surface area contributed by atoms with Gasteiger partial charge in [0.25, 0.3) is 5.95 Å². The van der Waals surface area contributed by atoms with Crippen molar-refractivity contribution >= 4 is 5.97 Å². The van der Waals surface area contributed by atoms with Gasteiger partial charge in [-0.3, -0.25) is 0 Å². The van der Waals surface area contributed by atoms with Gasteiger partial charge in [0.05, 0.1) is 0 Å². The Labute approximate surface area is 96.6 Å². The molecule has 0 atom stereocenters. The molecule has 0 aliphatic rings. The van der Waals surface area contributed by atoms with Crippen molar-refractivity contribution in [2.75, 3.05) is 0 Å². The molecule has 17 heavy (non-hydrogen) atoms. The van der Waals surface area contributed by atoms with Crippen molar-refractivity contribution in [3.05, 3.63) is 29.3 Å². The number of hydrogen-bond acceptors (Lipinski definition) is 3. The largest absolute Gasteiger partial charge is 0.456 e. The van der Waals surface area contributed by atoms with Gasteiger partial charge in [-0.15, -0.1) is 0 Å². The van der Waals surface area contributed by atoms with E-state index < -0.39 is 34.8 Å². The lowest BCUT2D eigenvalue weighted by atomic mass is 10.1. The van der Waals surface area contributed by atoms with Crippen molar-refractivity contribution in [1.82, 2.24) is 4.98 Å². The fourth-order valence-electron chi connectivity index (χ4n) is 0.967. The summed E-state index contributed by atoms with van der Waals surface area (Å²) in [5, 5.41) is 0. The third-order valence-electron chi connectivity index (χ3n) is 2.33. The second-order valence-electron chi connectivity index (χ2n) is 4.10. The van der Waals surface area contributed by atoms with Gasteiger partial charge in [-0.1, -0.05) is 6.92 Å². The van der Waals surface area contributed by atoms with E-state index in [4.69, 9.17) is 4.74 Å². The first-order valence-corrected chi connectivity index (χ1v) is 5.01. The van der Waals surface area contributed by atoms with Gasteiger partial charge in [0.15, 0.2) is 5.82 Å². The smallest absolute Gasteiger partial charge is 0.343 e. The van der Waals surface area contributed by atoms with Crippen LogP contribution in [0.25, 0.3) is 0 Å². The zero-order chi connectivity index (χ0) is 13.2. The second kappa shape index (κ2) is 4.73. The molecule has 0 unspecified atom stereocenters. The standard InChI is InChI=1S/C11H12F3NO2/c1-4-11(2,3)17-10(16)6-5-7(12)9(14)15-8(6)13/h5H,4H2,1-3H3. The number of ether oxygens (including phenoxy) is 1. The summed E-state index contributed by atoms with van der Waals surface area (Å²) in [6, 6.07) is 0.436. The molecule has 0 N–H and O–H groups in total. The Morgan fingerprint density at radius 1 is 1.35 bits per heavy atom. The molecule has 0 bridgehead atoms. The van der Waals surface area contributed by atoms with Gasteiger partial charge in [0, 0.05) is 0 Å². The van der Waals surface area contributed by atoms with Gasteiger partial charge in [-0.25, -0.2) is 9.18 Å². The van der Waals surface area contributed by atoms with Gasteiger partial charge in [0.2, 0.25) is 5.95 Å². The molecule has 0 saturated carbocycles. The molecule has 6 heteroatoms. The summed E-state index contributed by atoms with van der Waals surface area (Å²) in [5.74, 6) is -5.44. The van der Waals surface area contributed by atoms with Crippen LogP contribution in [-0.2, 0) is 4.74 Å². The van der Waals surface area contributed by atoms with E-state index >= 15 is 0 Å². The number of halogens is 3. The average molecular weight is 247 g/mol. The third kappa shape index (κ3) is 3.18. The van der Waals surface area contributed by atoms with Gasteiger partial charge in [-0.05, 0) is 26.3 Å². The van der Waals surface area contributed by atoms with Crippen LogP contribution in [0.4, 0.5) is 13.2 Å².